The Labute approximate surface area is 115 Å². The average Bonchev–Trinajstić information content (AvgIpc) is 2.42. The molecule has 2 heteroatoms. The van der Waals surface area contributed by atoms with E-state index in [1.807, 2.05) is 12.3 Å². The van der Waals surface area contributed by atoms with Crippen LogP contribution in [-0.4, -0.2) is 11.5 Å². The molecular weight excluding hydrogens is 232 g/mol. The molecule has 1 aromatic heterocycles. The van der Waals surface area contributed by atoms with Crippen LogP contribution < -0.4 is 5.32 Å². The first kappa shape index (κ1) is 13.8. The highest BCUT2D eigenvalue weighted by atomic mass is 14.9. The van der Waals surface area contributed by atoms with Crippen molar-refractivity contribution < 1.29 is 0 Å². The molecule has 19 heavy (non-hydrogen) atoms. The molecule has 0 aliphatic carbocycles. The predicted octanol–water partition coefficient (Wildman–Crippen LogP) is 4.24. The molecule has 0 saturated heterocycles. The van der Waals surface area contributed by atoms with Crippen LogP contribution in [0.3, 0.4) is 0 Å². The van der Waals surface area contributed by atoms with Crippen molar-refractivity contribution in [1.29, 1.82) is 0 Å². The van der Waals surface area contributed by atoms with E-state index >= 15 is 0 Å². The molecule has 0 spiro atoms. The van der Waals surface area contributed by atoms with E-state index in [4.69, 9.17) is 0 Å². The van der Waals surface area contributed by atoms with Gasteiger partial charge in [-0.25, -0.2) is 0 Å². The Hall–Kier alpha value is -1.67. The molecule has 0 amide bonds. The summed E-state index contributed by atoms with van der Waals surface area (Å²) in [5.41, 5.74) is 3.67. The van der Waals surface area contributed by atoms with E-state index in [0.717, 1.165) is 18.5 Å². The minimum Gasteiger partial charge on any atom is -0.307 e. The first-order valence-corrected chi connectivity index (χ1v) is 6.94. The summed E-state index contributed by atoms with van der Waals surface area (Å²) in [6.45, 7) is 7.48. The number of pyridine rings is 1. The van der Waals surface area contributed by atoms with Crippen molar-refractivity contribution in [3.8, 4) is 0 Å². The molecule has 0 radical (unpaired) electrons. The third-order valence-corrected chi connectivity index (χ3v) is 3.11. The second kappa shape index (κ2) is 6.48. The van der Waals surface area contributed by atoms with E-state index in [1.165, 1.54) is 16.5 Å². The Morgan fingerprint density at radius 1 is 1.26 bits per heavy atom. The van der Waals surface area contributed by atoms with Crippen LogP contribution in [0, 0.1) is 0 Å². The number of benzene rings is 1. The van der Waals surface area contributed by atoms with Crippen LogP contribution in [0.4, 0.5) is 0 Å². The van der Waals surface area contributed by atoms with Gasteiger partial charge in [0.1, 0.15) is 0 Å². The van der Waals surface area contributed by atoms with E-state index in [0.29, 0.717) is 0 Å². The number of rotatable bonds is 5. The van der Waals surface area contributed by atoms with Crippen molar-refractivity contribution >= 4 is 10.9 Å². The highest BCUT2D eigenvalue weighted by Crippen LogP contribution is 2.24. The van der Waals surface area contributed by atoms with Crippen molar-refractivity contribution in [1.82, 2.24) is 10.3 Å². The molecule has 2 aromatic rings. The summed E-state index contributed by atoms with van der Waals surface area (Å²) in [4.78, 5) is 4.55. The van der Waals surface area contributed by atoms with Gasteiger partial charge in [-0.3, -0.25) is 4.98 Å². The number of hydrogen-bond acceptors (Lipinski definition) is 2. The molecule has 0 aliphatic heterocycles. The summed E-state index contributed by atoms with van der Waals surface area (Å²) in [6.07, 6.45) is 5.27. The molecule has 1 aromatic carbocycles. The fourth-order valence-electron chi connectivity index (χ4n) is 2.27. The summed E-state index contributed by atoms with van der Waals surface area (Å²) in [5, 5.41) is 4.79. The number of para-hydroxylation sites is 1. The first-order chi connectivity index (χ1) is 9.22. The molecule has 100 valence electrons. The third-order valence-electron chi connectivity index (χ3n) is 3.11. The Morgan fingerprint density at radius 2 is 2.05 bits per heavy atom. The van der Waals surface area contributed by atoms with Gasteiger partial charge in [-0.15, -0.1) is 0 Å². The van der Waals surface area contributed by atoms with Gasteiger partial charge >= 0.3 is 0 Å². The number of nitrogens with one attached hydrogen (secondary N) is 1. The topological polar surface area (TPSA) is 24.9 Å². The fourth-order valence-corrected chi connectivity index (χ4v) is 2.27. The first-order valence-electron chi connectivity index (χ1n) is 6.94. The number of aromatic nitrogens is 1. The molecular formula is C17H22N2. The molecule has 0 saturated carbocycles. The van der Waals surface area contributed by atoms with E-state index in [2.05, 4.69) is 61.4 Å². The van der Waals surface area contributed by atoms with Gasteiger partial charge < -0.3 is 5.32 Å². The summed E-state index contributed by atoms with van der Waals surface area (Å²) in [5.74, 6) is 0. The Morgan fingerprint density at radius 3 is 2.79 bits per heavy atom. The molecule has 1 unspecified atom stereocenters. The third kappa shape index (κ3) is 3.42. The molecule has 2 nitrogen and oxygen atoms in total. The summed E-state index contributed by atoms with van der Waals surface area (Å²) in [6, 6.07) is 10.7. The van der Waals surface area contributed by atoms with E-state index in [-0.39, 0.29) is 6.04 Å². The van der Waals surface area contributed by atoms with Crippen molar-refractivity contribution in [3.63, 3.8) is 0 Å². The van der Waals surface area contributed by atoms with Crippen molar-refractivity contribution in [2.45, 2.75) is 33.2 Å². The minimum atomic E-state index is 0.239. The predicted molar refractivity (Wildman–Crippen MR) is 82.2 cm³/mol. The fraction of sp³-hybridized carbons (Fsp3) is 0.353. The normalized spacial score (nSPS) is 12.4. The molecule has 1 N–H and O–H groups in total. The summed E-state index contributed by atoms with van der Waals surface area (Å²) >= 11 is 0. The van der Waals surface area contributed by atoms with Crippen LogP contribution in [0.15, 0.2) is 48.2 Å². The Bertz CT molecular complexity index is 563. The number of fused-ring (bicyclic) bond motifs is 1. The zero-order chi connectivity index (χ0) is 13.7. The molecule has 0 fully saturated rings. The summed E-state index contributed by atoms with van der Waals surface area (Å²) < 4.78 is 0. The summed E-state index contributed by atoms with van der Waals surface area (Å²) in [7, 11) is 0. The average molecular weight is 254 g/mol. The lowest BCUT2D eigenvalue weighted by molar-refractivity contribution is 0.612. The van der Waals surface area contributed by atoms with Gasteiger partial charge in [-0.05, 0) is 38.4 Å². The van der Waals surface area contributed by atoms with Crippen molar-refractivity contribution in [3.05, 3.63) is 53.7 Å². The van der Waals surface area contributed by atoms with Gasteiger partial charge in [0, 0.05) is 11.6 Å². The molecule has 1 heterocycles. The van der Waals surface area contributed by atoms with Gasteiger partial charge in [0.05, 0.1) is 11.6 Å². The van der Waals surface area contributed by atoms with Gasteiger partial charge in [-0.1, -0.05) is 42.8 Å². The van der Waals surface area contributed by atoms with Gasteiger partial charge in [0.15, 0.2) is 0 Å². The zero-order valence-electron chi connectivity index (χ0n) is 12.0. The van der Waals surface area contributed by atoms with Crippen LogP contribution in [0.5, 0.6) is 0 Å². The lowest BCUT2D eigenvalue weighted by Gasteiger charge is -2.17. The largest absolute Gasteiger partial charge is 0.307 e. The second-order valence-electron chi connectivity index (χ2n) is 5.10. The smallest absolute Gasteiger partial charge is 0.0752 e. The number of allylic oxidation sites excluding steroid dienone is 1. The zero-order valence-corrected chi connectivity index (χ0v) is 12.0. The minimum absolute atomic E-state index is 0.239. The van der Waals surface area contributed by atoms with Crippen molar-refractivity contribution in [2.75, 3.05) is 6.54 Å². The van der Waals surface area contributed by atoms with Crippen LogP contribution in [0.2, 0.25) is 0 Å². The Balaban J connectivity index is 2.46. The van der Waals surface area contributed by atoms with Crippen LogP contribution in [0.25, 0.3) is 10.9 Å². The second-order valence-corrected chi connectivity index (χ2v) is 5.10. The maximum Gasteiger partial charge on any atom is 0.0752 e. The SMILES string of the molecule is CCCNC(C=C(C)C)c1cccc2cccnc12. The van der Waals surface area contributed by atoms with E-state index in [1.54, 1.807) is 0 Å². The maximum absolute atomic E-state index is 4.55. The lowest BCUT2D eigenvalue weighted by Crippen LogP contribution is -2.21. The van der Waals surface area contributed by atoms with Gasteiger partial charge in [-0.2, -0.15) is 0 Å². The lowest BCUT2D eigenvalue weighted by atomic mass is 10.0. The van der Waals surface area contributed by atoms with Crippen LogP contribution in [-0.2, 0) is 0 Å². The Kier molecular flexibility index (Phi) is 4.69. The molecule has 0 bridgehead atoms. The molecule has 0 aliphatic rings. The monoisotopic (exact) mass is 254 g/mol. The molecule has 1 atom stereocenters. The van der Waals surface area contributed by atoms with E-state index < -0.39 is 0 Å². The van der Waals surface area contributed by atoms with Gasteiger partial charge in [0.25, 0.3) is 0 Å². The van der Waals surface area contributed by atoms with Crippen LogP contribution in [0.1, 0.15) is 38.8 Å². The quantitative estimate of drug-likeness (QED) is 0.807. The maximum atomic E-state index is 4.55. The number of nitrogens with zero attached hydrogens (tertiary/aromatic N) is 1. The van der Waals surface area contributed by atoms with Crippen LogP contribution >= 0.6 is 0 Å². The number of hydrogen-bond donors (Lipinski definition) is 1. The highest BCUT2D eigenvalue weighted by molar-refractivity contribution is 5.82. The molecule has 2 rings (SSSR count). The van der Waals surface area contributed by atoms with E-state index in [9.17, 15) is 0 Å². The van der Waals surface area contributed by atoms with Gasteiger partial charge in [0.2, 0.25) is 0 Å². The highest BCUT2D eigenvalue weighted by Gasteiger charge is 2.11. The standard InChI is InChI=1S/C17H22N2/c1-4-10-18-16(12-13(2)3)15-9-5-7-14-8-6-11-19-17(14)15/h5-9,11-12,16,18H,4,10H2,1-3H3. The van der Waals surface area contributed by atoms with Crippen molar-refractivity contribution in [2.24, 2.45) is 0 Å².